The van der Waals surface area contributed by atoms with Crippen LogP contribution in [0.3, 0.4) is 0 Å². The van der Waals surface area contributed by atoms with Gasteiger partial charge in [0, 0.05) is 17.3 Å². The summed E-state index contributed by atoms with van der Waals surface area (Å²) in [7, 11) is 0. The van der Waals surface area contributed by atoms with Crippen LogP contribution in [0.4, 0.5) is 11.8 Å². The Labute approximate surface area is 89.5 Å². The lowest BCUT2D eigenvalue weighted by molar-refractivity contribution is 0.306. The number of nitrogens with zero attached hydrogens (tertiary/aromatic N) is 2. The third-order valence-electron chi connectivity index (χ3n) is 2.87. The number of aryl methyl sites for hydroxylation is 1. The molecule has 0 atom stereocenters. The monoisotopic (exact) mass is 207 g/mol. The van der Waals surface area contributed by atoms with Crippen molar-refractivity contribution in [3.05, 3.63) is 11.8 Å². The molecule has 1 heterocycles. The highest BCUT2D eigenvalue weighted by Gasteiger charge is 2.31. The zero-order valence-electron chi connectivity index (χ0n) is 9.17. The van der Waals surface area contributed by atoms with Gasteiger partial charge in [-0.2, -0.15) is 4.98 Å². The van der Waals surface area contributed by atoms with Crippen LogP contribution < -0.4 is 16.6 Å². The Bertz CT molecular complexity index is 359. The van der Waals surface area contributed by atoms with Crippen LogP contribution >= 0.6 is 0 Å². The number of hydrogen-bond donors (Lipinski definition) is 3. The molecule has 1 fully saturated rings. The van der Waals surface area contributed by atoms with Gasteiger partial charge >= 0.3 is 0 Å². The molecule has 0 radical (unpaired) electrons. The average Bonchev–Trinajstić information content (AvgIpc) is 2.14. The van der Waals surface area contributed by atoms with Gasteiger partial charge in [0.15, 0.2) is 0 Å². The van der Waals surface area contributed by atoms with Crippen LogP contribution in [0.1, 0.15) is 31.9 Å². The first-order valence-corrected chi connectivity index (χ1v) is 5.22. The second-order valence-corrected chi connectivity index (χ2v) is 4.40. The van der Waals surface area contributed by atoms with Gasteiger partial charge in [-0.3, -0.25) is 5.43 Å². The molecule has 1 aliphatic carbocycles. The second-order valence-electron chi connectivity index (χ2n) is 4.40. The summed E-state index contributed by atoms with van der Waals surface area (Å²) in [6, 6.07) is 1.93. The molecule has 15 heavy (non-hydrogen) atoms. The quantitative estimate of drug-likeness (QED) is 0.516. The van der Waals surface area contributed by atoms with Crippen molar-refractivity contribution in [1.82, 2.24) is 9.97 Å². The fraction of sp³-hybridized carbons (Fsp3) is 0.600. The van der Waals surface area contributed by atoms with Gasteiger partial charge in [0.25, 0.3) is 0 Å². The average molecular weight is 207 g/mol. The van der Waals surface area contributed by atoms with E-state index < -0.39 is 0 Å². The summed E-state index contributed by atoms with van der Waals surface area (Å²) in [5.74, 6) is 6.60. The standard InChI is InChI=1S/C10H17N5/c1-7-6-8(13-9(12-7)15-11)14-10(2)4-3-5-10/h6H,3-5,11H2,1-2H3,(H2,12,13,14,15). The number of aromatic nitrogens is 2. The molecule has 2 rings (SSSR count). The van der Waals surface area contributed by atoms with Crippen molar-refractivity contribution in [1.29, 1.82) is 0 Å². The van der Waals surface area contributed by atoms with Crippen LogP contribution in [-0.2, 0) is 0 Å². The van der Waals surface area contributed by atoms with Gasteiger partial charge in [-0.05, 0) is 33.1 Å². The summed E-state index contributed by atoms with van der Waals surface area (Å²) in [6.07, 6.45) is 3.68. The molecule has 82 valence electrons. The molecular formula is C10H17N5. The van der Waals surface area contributed by atoms with Crippen molar-refractivity contribution in [3.8, 4) is 0 Å². The van der Waals surface area contributed by atoms with Crippen LogP contribution in [0, 0.1) is 6.92 Å². The van der Waals surface area contributed by atoms with E-state index in [9.17, 15) is 0 Å². The van der Waals surface area contributed by atoms with E-state index in [0.29, 0.717) is 5.95 Å². The SMILES string of the molecule is Cc1cc(NC2(C)CCC2)nc(NN)n1. The number of nitrogen functional groups attached to an aromatic ring is 1. The van der Waals surface area contributed by atoms with E-state index >= 15 is 0 Å². The minimum absolute atomic E-state index is 0.201. The summed E-state index contributed by atoms with van der Waals surface area (Å²) in [6.45, 7) is 4.14. The molecule has 0 aromatic carbocycles. The largest absolute Gasteiger partial charge is 0.365 e. The summed E-state index contributed by atoms with van der Waals surface area (Å²) in [5.41, 5.74) is 3.57. The lowest BCUT2D eigenvalue weighted by Gasteiger charge is -2.39. The van der Waals surface area contributed by atoms with Gasteiger partial charge in [-0.15, -0.1) is 0 Å². The molecule has 0 amide bonds. The minimum atomic E-state index is 0.201. The zero-order valence-corrected chi connectivity index (χ0v) is 9.17. The van der Waals surface area contributed by atoms with E-state index in [1.807, 2.05) is 13.0 Å². The molecule has 0 spiro atoms. The predicted molar refractivity (Wildman–Crippen MR) is 60.5 cm³/mol. The number of nitrogens with one attached hydrogen (secondary N) is 2. The van der Waals surface area contributed by atoms with Crippen molar-refractivity contribution in [2.75, 3.05) is 10.7 Å². The summed E-state index contributed by atoms with van der Waals surface area (Å²) < 4.78 is 0. The van der Waals surface area contributed by atoms with Crippen LogP contribution in [-0.4, -0.2) is 15.5 Å². The Morgan fingerprint density at radius 1 is 1.40 bits per heavy atom. The van der Waals surface area contributed by atoms with E-state index in [2.05, 4.69) is 27.6 Å². The first-order chi connectivity index (χ1) is 7.11. The van der Waals surface area contributed by atoms with E-state index in [-0.39, 0.29) is 5.54 Å². The minimum Gasteiger partial charge on any atom is -0.365 e. The van der Waals surface area contributed by atoms with Gasteiger partial charge < -0.3 is 5.32 Å². The van der Waals surface area contributed by atoms with Crippen molar-refractivity contribution in [2.45, 2.75) is 38.6 Å². The van der Waals surface area contributed by atoms with Crippen molar-refractivity contribution in [2.24, 2.45) is 5.84 Å². The smallest absolute Gasteiger partial charge is 0.239 e. The van der Waals surface area contributed by atoms with Crippen LogP contribution in [0.15, 0.2) is 6.07 Å². The molecule has 1 saturated carbocycles. The summed E-state index contributed by atoms with van der Waals surface area (Å²) >= 11 is 0. The fourth-order valence-electron chi connectivity index (χ4n) is 1.84. The van der Waals surface area contributed by atoms with Crippen LogP contribution in [0.2, 0.25) is 0 Å². The molecule has 1 aromatic heterocycles. The van der Waals surface area contributed by atoms with Crippen molar-refractivity contribution < 1.29 is 0 Å². The number of hydrogen-bond acceptors (Lipinski definition) is 5. The normalized spacial score (nSPS) is 18.1. The number of rotatable bonds is 3. The maximum absolute atomic E-state index is 5.30. The maximum Gasteiger partial charge on any atom is 0.239 e. The Morgan fingerprint density at radius 2 is 2.13 bits per heavy atom. The molecule has 0 aliphatic heterocycles. The van der Waals surface area contributed by atoms with Crippen molar-refractivity contribution in [3.63, 3.8) is 0 Å². The van der Waals surface area contributed by atoms with Gasteiger partial charge in [-0.1, -0.05) is 0 Å². The van der Waals surface area contributed by atoms with Crippen molar-refractivity contribution >= 4 is 11.8 Å². The first kappa shape index (κ1) is 10.2. The van der Waals surface area contributed by atoms with E-state index in [0.717, 1.165) is 11.5 Å². The first-order valence-electron chi connectivity index (χ1n) is 5.22. The number of hydrazine groups is 1. The van der Waals surface area contributed by atoms with E-state index in [4.69, 9.17) is 5.84 Å². The van der Waals surface area contributed by atoms with E-state index in [1.54, 1.807) is 0 Å². The predicted octanol–water partition coefficient (Wildman–Crippen LogP) is 1.43. The van der Waals surface area contributed by atoms with Gasteiger partial charge in [0.2, 0.25) is 5.95 Å². The zero-order chi connectivity index (χ0) is 10.9. The Balaban J connectivity index is 2.16. The Kier molecular flexibility index (Phi) is 2.48. The molecule has 5 heteroatoms. The molecule has 1 aromatic rings. The molecule has 0 bridgehead atoms. The van der Waals surface area contributed by atoms with Gasteiger partial charge in [0.05, 0.1) is 0 Å². The molecular weight excluding hydrogens is 190 g/mol. The summed E-state index contributed by atoms with van der Waals surface area (Å²) in [4.78, 5) is 8.40. The lowest BCUT2D eigenvalue weighted by atomic mass is 9.78. The Hall–Kier alpha value is -1.36. The highest BCUT2D eigenvalue weighted by molar-refractivity contribution is 5.44. The fourth-order valence-corrected chi connectivity index (χ4v) is 1.84. The van der Waals surface area contributed by atoms with Gasteiger partial charge in [0.1, 0.15) is 5.82 Å². The van der Waals surface area contributed by atoms with Crippen LogP contribution in [0.5, 0.6) is 0 Å². The molecule has 1 aliphatic rings. The van der Waals surface area contributed by atoms with Crippen LogP contribution in [0.25, 0.3) is 0 Å². The topological polar surface area (TPSA) is 75.9 Å². The van der Waals surface area contributed by atoms with E-state index in [1.165, 1.54) is 19.3 Å². The molecule has 4 N–H and O–H groups in total. The number of anilines is 2. The molecule has 0 saturated heterocycles. The summed E-state index contributed by atoms with van der Waals surface area (Å²) in [5, 5.41) is 3.42. The maximum atomic E-state index is 5.30. The lowest BCUT2D eigenvalue weighted by Crippen LogP contribution is -2.42. The highest BCUT2D eigenvalue weighted by atomic mass is 15.3. The highest BCUT2D eigenvalue weighted by Crippen LogP contribution is 2.34. The number of nitrogens with two attached hydrogens (primary N) is 1. The third-order valence-corrected chi connectivity index (χ3v) is 2.87. The second kappa shape index (κ2) is 3.66. The molecule has 5 nitrogen and oxygen atoms in total. The van der Waals surface area contributed by atoms with Gasteiger partial charge in [-0.25, -0.2) is 10.8 Å². The third kappa shape index (κ3) is 2.18. The Morgan fingerprint density at radius 3 is 2.67 bits per heavy atom. The molecule has 0 unspecified atom stereocenters.